The summed E-state index contributed by atoms with van der Waals surface area (Å²) in [4.78, 5) is 5.44. The van der Waals surface area contributed by atoms with Gasteiger partial charge in [-0.25, -0.2) is 9.38 Å². The molecule has 3 N–H and O–H groups in total. The zero-order valence-corrected chi connectivity index (χ0v) is 19.2. The summed E-state index contributed by atoms with van der Waals surface area (Å²) in [7, 11) is 0. The standard InChI is InChI=1S/C20H24FN3O2S.HI/c1-4-22-19(24-12-20(3,25)18-6-5-9-27-18)23-11-17-13(2)15-10-14(21)7-8-16(15)26-17;/h5-10,25H,4,11-12H2,1-3H3,(H2,22,23,24);1H. The van der Waals surface area contributed by atoms with Gasteiger partial charge in [-0.05, 0) is 50.4 Å². The largest absolute Gasteiger partial charge is 0.459 e. The van der Waals surface area contributed by atoms with Crippen molar-refractivity contribution < 1.29 is 13.9 Å². The third kappa shape index (κ3) is 5.24. The molecule has 1 atom stereocenters. The van der Waals surface area contributed by atoms with Gasteiger partial charge in [0, 0.05) is 22.4 Å². The van der Waals surface area contributed by atoms with Gasteiger partial charge in [0.2, 0.25) is 0 Å². The highest BCUT2D eigenvalue weighted by Crippen LogP contribution is 2.27. The van der Waals surface area contributed by atoms with Gasteiger partial charge in [0.15, 0.2) is 5.96 Å². The van der Waals surface area contributed by atoms with Gasteiger partial charge >= 0.3 is 0 Å². The fourth-order valence-corrected chi connectivity index (χ4v) is 3.60. The molecule has 0 aliphatic heterocycles. The van der Waals surface area contributed by atoms with Crippen LogP contribution >= 0.6 is 35.3 Å². The number of guanidine groups is 1. The van der Waals surface area contributed by atoms with Crippen LogP contribution in [-0.2, 0) is 12.1 Å². The molecule has 1 aromatic carbocycles. The molecule has 2 aromatic heterocycles. The highest BCUT2D eigenvalue weighted by molar-refractivity contribution is 14.0. The first-order valence-electron chi connectivity index (χ1n) is 8.87. The summed E-state index contributed by atoms with van der Waals surface area (Å²) in [5.74, 6) is 0.991. The lowest BCUT2D eigenvalue weighted by molar-refractivity contribution is 0.0655. The molecule has 152 valence electrons. The number of hydrogen-bond acceptors (Lipinski definition) is 4. The smallest absolute Gasteiger partial charge is 0.191 e. The van der Waals surface area contributed by atoms with E-state index < -0.39 is 5.60 Å². The van der Waals surface area contributed by atoms with E-state index in [9.17, 15) is 9.50 Å². The molecular weight excluding hydrogens is 492 g/mol. The Morgan fingerprint density at radius 3 is 2.79 bits per heavy atom. The number of rotatable bonds is 6. The number of aliphatic imine (C=N–C) groups is 1. The average Bonchev–Trinajstić information content (AvgIpc) is 3.27. The van der Waals surface area contributed by atoms with E-state index in [4.69, 9.17) is 4.42 Å². The van der Waals surface area contributed by atoms with Gasteiger partial charge in [0.05, 0.1) is 6.54 Å². The molecule has 0 aliphatic carbocycles. The number of furan rings is 1. The van der Waals surface area contributed by atoms with Gasteiger partial charge in [-0.2, -0.15) is 0 Å². The second-order valence-electron chi connectivity index (χ2n) is 6.59. The molecule has 0 aliphatic rings. The zero-order chi connectivity index (χ0) is 19.4. The van der Waals surface area contributed by atoms with Crippen LogP contribution in [0.4, 0.5) is 4.39 Å². The van der Waals surface area contributed by atoms with Gasteiger partial charge in [0.1, 0.15) is 29.3 Å². The Labute approximate surface area is 185 Å². The molecule has 28 heavy (non-hydrogen) atoms. The molecule has 0 spiro atoms. The number of halogens is 2. The first-order valence-corrected chi connectivity index (χ1v) is 9.74. The average molecular weight is 517 g/mol. The lowest BCUT2D eigenvalue weighted by Gasteiger charge is -2.23. The van der Waals surface area contributed by atoms with Crippen molar-refractivity contribution >= 4 is 52.2 Å². The van der Waals surface area contributed by atoms with Crippen molar-refractivity contribution in [2.75, 3.05) is 13.1 Å². The number of aliphatic hydroxyl groups is 1. The first kappa shape index (κ1) is 22.6. The number of nitrogens with one attached hydrogen (secondary N) is 2. The summed E-state index contributed by atoms with van der Waals surface area (Å²) in [6.45, 7) is 6.98. The van der Waals surface area contributed by atoms with E-state index in [1.807, 2.05) is 31.4 Å². The summed E-state index contributed by atoms with van der Waals surface area (Å²) >= 11 is 1.51. The normalized spacial score (nSPS) is 13.8. The van der Waals surface area contributed by atoms with E-state index in [0.29, 0.717) is 36.9 Å². The fourth-order valence-electron chi connectivity index (χ4n) is 2.82. The van der Waals surface area contributed by atoms with Crippen molar-refractivity contribution in [3.63, 3.8) is 0 Å². The summed E-state index contributed by atoms with van der Waals surface area (Å²) in [6, 6.07) is 8.32. The third-order valence-corrected chi connectivity index (χ3v) is 5.50. The molecule has 1 unspecified atom stereocenters. The summed E-state index contributed by atoms with van der Waals surface area (Å²) in [5, 5.41) is 19.7. The van der Waals surface area contributed by atoms with E-state index in [2.05, 4.69) is 15.6 Å². The second kappa shape index (κ2) is 9.71. The van der Waals surface area contributed by atoms with E-state index in [1.54, 1.807) is 13.0 Å². The molecule has 8 heteroatoms. The number of nitrogens with zero attached hydrogens (tertiary/aromatic N) is 1. The maximum atomic E-state index is 13.5. The Morgan fingerprint density at radius 2 is 2.11 bits per heavy atom. The molecule has 0 saturated carbocycles. The number of fused-ring (bicyclic) bond motifs is 1. The monoisotopic (exact) mass is 517 g/mol. The summed E-state index contributed by atoms with van der Waals surface area (Å²) in [6.07, 6.45) is 0. The molecule has 0 radical (unpaired) electrons. The quantitative estimate of drug-likeness (QED) is 0.256. The minimum atomic E-state index is -0.989. The van der Waals surface area contributed by atoms with Gasteiger partial charge < -0.3 is 20.2 Å². The number of thiophene rings is 1. The molecule has 3 aromatic rings. The van der Waals surface area contributed by atoms with Crippen LogP contribution in [0.5, 0.6) is 0 Å². The SMILES string of the molecule is CCNC(=NCc1oc2ccc(F)cc2c1C)NCC(C)(O)c1cccs1.I. The van der Waals surface area contributed by atoms with Crippen molar-refractivity contribution in [3.8, 4) is 0 Å². The van der Waals surface area contributed by atoms with Crippen LogP contribution in [0.3, 0.4) is 0 Å². The summed E-state index contributed by atoms with van der Waals surface area (Å²) in [5.41, 5.74) is 0.546. The predicted molar refractivity (Wildman–Crippen MR) is 123 cm³/mol. The van der Waals surface area contributed by atoms with Crippen molar-refractivity contribution in [1.29, 1.82) is 0 Å². The van der Waals surface area contributed by atoms with Crippen LogP contribution in [0, 0.1) is 12.7 Å². The number of aryl methyl sites for hydroxylation is 1. The van der Waals surface area contributed by atoms with Crippen LogP contribution in [0.25, 0.3) is 11.0 Å². The Morgan fingerprint density at radius 1 is 1.32 bits per heavy atom. The van der Waals surface area contributed by atoms with Gasteiger partial charge in [-0.15, -0.1) is 35.3 Å². The molecule has 0 saturated heterocycles. The Hall–Kier alpha value is -1.65. The van der Waals surface area contributed by atoms with Gasteiger partial charge in [-0.3, -0.25) is 0 Å². The molecule has 3 rings (SSSR count). The minimum absolute atomic E-state index is 0. The van der Waals surface area contributed by atoms with Crippen LogP contribution < -0.4 is 10.6 Å². The number of hydrogen-bond donors (Lipinski definition) is 3. The number of benzene rings is 1. The van der Waals surface area contributed by atoms with Crippen LogP contribution in [0.1, 0.15) is 30.0 Å². The van der Waals surface area contributed by atoms with Crippen LogP contribution in [0.15, 0.2) is 45.1 Å². The molecule has 0 bridgehead atoms. The molecule has 2 heterocycles. The van der Waals surface area contributed by atoms with Crippen LogP contribution in [0.2, 0.25) is 0 Å². The third-order valence-electron chi connectivity index (χ3n) is 4.37. The van der Waals surface area contributed by atoms with E-state index in [1.165, 1.54) is 23.5 Å². The highest BCUT2D eigenvalue weighted by Gasteiger charge is 2.24. The van der Waals surface area contributed by atoms with E-state index in [-0.39, 0.29) is 29.8 Å². The van der Waals surface area contributed by atoms with Crippen molar-refractivity contribution in [2.45, 2.75) is 32.9 Å². The first-order chi connectivity index (χ1) is 12.9. The Balaban J connectivity index is 0.00000280. The lowest BCUT2D eigenvalue weighted by atomic mass is 10.1. The Bertz CT molecular complexity index is 938. The predicted octanol–water partition coefficient (Wildman–Crippen LogP) is 4.52. The van der Waals surface area contributed by atoms with E-state index >= 15 is 0 Å². The van der Waals surface area contributed by atoms with Crippen molar-refractivity contribution in [1.82, 2.24) is 10.6 Å². The minimum Gasteiger partial charge on any atom is -0.459 e. The van der Waals surface area contributed by atoms with Crippen molar-refractivity contribution in [2.24, 2.45) is 4.99 Å². The maximum absolute atomic E-state index is 13.5. The molecule has 0 amide bonds. The topological polar surface area (TPSA) is 69.8 Å². The van der Waals surface area contributed by atoms with Crippen molar-refractivity contribution in [3.05, 3.63) is 57.7 Å². The molecule has 5 nitrogen and oxygen atoms in total. The lowest BCUT2D eigenvalue weighted by Crippen LogP contribution is -2.44. The van der Waals surface area contributed by atoms with Gasteiger partial charge in [-0.1, -0.05) is 6.07 Å². The van der Waals surface area contributed by atoms with E-state index in [0.717, 1.165) is 15.8 Å². The summed E-state index contributed by atoms with van der Waals surface area (Å²) < 4.78 is 19.3. The second-order valence-corrected chi connectivity index (χ2v) is 7.54. The molecule has 0 fully saturated rings. The Kier molecular flexibility index (Phi) is 7.85. The van der Waals surface area contributed by atoms with Crippen LogP contribution in [-0.4, -0.2) is 24.2 Å². The zero-order valence-electron chi connectivity index (χ0n) is 16.1. The maximum Gasteiger partial charge on any atom is 0.191 e. The fraction of sp³-hybridized carbons (Fsp3) is 0.350. The highest BCUT2D eigenvalue weighted by atomic mass is 127. The van der Waals surface area contributed by atoms with Gasteiger partial charge in [0.25, 0.3) is 0 Å². The molecular formula is C20H25FIN3O2S.